The summed E-state index contributed by atoms with van der Waals surface area (Å²) in [6.45, 7) is 0.433. The molecule has 0 spiro atoms. The molecule has 106 valence electrons. The van der Waals surface area contributed by atoms with Crippen LogP contribution in [0, 0.1) is 0 Å². The minimum absolute atomic E-state index is 0.0284. The molecule has 0 unspecified atom stereocenters. The first-order chi connectivity index (χ1) is 8.93. The van der Waals surface area contributed by atoms with Crippen molar-refractivity contribution in [2.45, 2.75) is 36.7 Å². The van der Waals surface area contributed by atoms with Crippen molar-refractivity contribution < 1.29 is 22.8 Å². The van der Waals surface area contributed by atoms with Crippen molar-refractivity contribution in [3.05, 3.63) is 35.9 Å². The zero-order valence-electron chi connectivity index (χ0n) is 10.5. The van der Waals surface area contributed by atoms with Crippen molar-refractivity contribution in [2.75, 3.05) is 6.61 Å². The lowest BCUT2D eigenvalue weighted by atomic mass is 10.2. The SMILES string of the molecule is O=S(=O)(O)C1(C[C@@H](O)COCc2ccccc2)CC1. The Kier molecular flexibility index (Phi) is 4.25. The van der Waals surface area contributed by atoms with E-state index in [0.717, 1.165) is 5.56 Å². The molecule has 1 aromatic rings. The van der Waals surface area contributed by atoms with Crippen molar-refractivity contribution in [2.24, 2.45) is 0 Å². The molecular weight excluding hydrogens is 268 g/mol. The maximum atomic E-state index is 11.1. The van der Waals surface area contributed by atoms with Gasteiger partial charge in [-0.25, -0.2) is 0 Å². The molecule has 1 aromatic carbocycles. The highest BCUT2D eigenvalue weighted by molar-refractivity contribution is 7.87. The van der Waals surface area contributed by atoms with E-state index in [4.69, 9.17) is 9.29 Å². The number of aliphatic hydroxyl groups excluding tert-OH is 1. The quantitative estimate of drug-likeness (QED) is 0.740. The molecule has 5 nitrogen and oxygen atoms in total. The van der Waals surface area contributed by atoms with Gasteiger partial charge in [-0.15, -0.1) is 0 Å². The number of rotatable bonds is 7. The van der Waals surface area contributed by atoms with Crippen LogP contribution in [0.4, 0.5) is 0 Å². The van der Waals surface area contributed by atoms with Crippen LogP contribution in [0.2, 0.25) is 0 Å². The third kappa shape index (κ3) is 3.76. The maximum absolute atomic E-state index is 11.1. The zero-order valence-corrected chi connectivity index (χ0v) is 11.3. The van der Waals surface area contributed by atoms with Crippen LogP contribution >= 0.6 is 0 Å². The third-order valence-corrected chi connectivity index (χ3v) is 5.05. The number of ether oxygens (including phenoxy) is 1. The van der Waals surface area contributed by atoms with Gasteiger partial charge >= 0.3 is 0 Å². The lowest BCUT2D eigenvalue weighted by Gasteiger charge is -2.16. The summed E-state index contributed by atoms with van der Waals surface area (Å²) in [6, 6.07) is 9.51. The van der Waals surface area contributed by atoms with Crippen molar-refractivity contribution in [3.8, 4) is 0 Å². The molecule has 1 aliphatic rings. The average Bonchev–Trinajstić information content (AvgIpc) is 3.11. The van der Waals surface area contributed by atoms with Gasteiger partial charge in [-0.2, -0.15) is 8.42 Å². The molecule has 0 heterocycles. The first-order valence-corrected chi connectivity index (χ1v) is 7.64. The van der Waals surface area contributed by atoms with Crippen LogP contribution < -0.4 is 0 Å². The van der Waals surface area contributed by atoms with Gasteiger partial charge in [0, 0.05) is 0 Å². The minimum Gasteiger partial charge on any atom is -0.391 e. The fourth-order valence-electron chi connectivity index (χ4n) is 2.08. The van der Waals surface area contributed by atoms with Crippen LogP contribution in [0.1, 0.15) is 24.8 Å². The topological polar surface area (TPSA) is 83.8 Å². The highest BCUT2D eigenvalue weighted by Gasteiger charge is 2.54. The lowest BCUT2D eigenvalue weighted by molar-refractivity contribution is 0.0229. The van der Waals surface area contributed by atoms with E-state index in [1.165, 1.54) is 0 Å². The Morgan fingerprint density at radius 3 is 2.42 bits per heavy atom. The van der Waals surface area contributed by atoms with Gasteiger partial charge in [0.25, 0.3) is 10.1 Å². The van der Waals surface area contributed by atoms with E-state index in [0.29, 0.717) is 19.4 Å². The van der Waals surface area contributed by atoms with Gasteiger partial charge in [0.15, 0.2) is 0 Å². The normalized spacial score (nSPS) is 19.1. The summed E-state index contributed by atoms with van der Waals surface area (Å²) in [5.74, 6) is 0. The first-order valence-electron chi connectivity index (χ1n) is 6.20. The van der Waals surface area contributed by atoms with Gasteiger partial charge in [0.1, 0.15) is 4.75 Å². The molecule has 1 aliphatic carbocycles. The standard InChI is InChI=1S/C13H18O5S/c14-12(8-13(6-7-13)19(15,16)17)10-18-9-11-4-2-1-3-5-11/h1-5,12,14H,6-10H2,(H,15,16,17)/t12-/m1/s1. The second kappa shape index (κ2) is 5.58. The summed E-state index contributed by atoms with van der Waals surface area (Å²) in [4.78, 5) is 0. The molecule has 0 saturated heterocycles. The lowest BCUT2D eigenvalue weighted by Crippen LogP contribution is -2.30. The van der Waals surface area contributed by atoms with Gasteiger partial charge in [-0.1, -0.05) is 30.3 Å². The average molecular weight is 286 g/mol. The van der Waals surface area contributed by atoms with Gasteiger partial charge in [-0.3, -0.25) is 4.55 Å². The maximum Gasteiger partial charge on any atom is 0.270 e. The van der Waals surface area contributed by atoms with E-state index < -0.39 is 21.0 Å². The molecule has 0 aliphatic heterocycles. The van der Waals surface area contributed by atoms with Crippen molar-refractivity contribution >= 4 is 10.1 Å². The van der Waals surface area contributed by atoms with Crippen molar-refractivity contribution in [3.63, 3.8) is 0 Å². The highest BCUT2D eigenvalue weighted by Crippen LogP contribution is 2.46. The molecule has 0 radical (unpaired) electrons. The summed E-state index contributed by atoms with van der Waals surface area (Å²) >= 11 is 0. The molecule has 0 aromatic heterocycles. The molecule has 19 heavy (non-hydrogen) atoms. The first kappa shape index (κ1) is 14.5. The highest BCUT2D eigenvalue weighted by atomic mass is 32.2. The molecule has 1 saturated carbocycles. The number of aliphatic hydroxyl groups is 1. The van der Waals surface area contributed by atoms with Crippen LogP contribution in [0.5, 0.6) is 0 Å². The summed E-state index contributed by atoms with van der Waals surface area (Å²) in [5, 5.41) is 9.77. The Hall–Kier alpha value is -0.950. The van der Waals surface area contributed by atoms with Crippen LogP contribution in [-0.4, -0.2) is 35.5 Å². The smallest absolute Gasteiger partial charge is 0.270 e. The van der Waals surface area contributed by atoms with Crippen LogP contribution in [0.15, 0.2) is 30.3 Å². The van der Waals surface area contributed by atoms with Crippen LogP contribution in [-0.2, 0) is 21.5 Å². The monoisotopic (exact) mass is 286 g/mol. The Morgan fingerprint density at radius 2 is 1.89 bits per heavy atom. The molecule has 1 fully saturated rings. The number of benzene rings is 1. The van der Waals surface area contributed by atoms with Crippen molar-refractivity contribution in [1.82, 2.24) is 0 Å². The van der Waals surface area contributed by atoms with Crippen LogP contribution in [0.3, 0.4) is 0 Å². The predicted molar refractivity (Wildman–Crippen MR) is 70.2 cm³/mol. The molecule has 0 bridgehead atoms. The molecular formula is C13H18O5S. The predicted octanol–water partition coefficient (Wildman–Crippen LogP) is 1.37. The number of hydrogen-bond acceptors (Lipinski definition) is 4. The number of hydrogen-bond donors (Lipinski definition) is 2. The molecule has 0 amide bonds. The fourth-order valence-corrected chi connectivity index (χ4v) is 3.10. The molecule has 2 rings (SSSR count). The van der Waals surface area contributed by atoms with E-state index in [1.54, 1.807) is 0 Å². The summed E-state index contributed by atoms with van der Waals surface area (Å²) in [5.41, 5.74) is 0.991. The fraction of sp³-hybridized carbons (Fsp3) is 0.538. The van der Waals surface area contributed by atoms with Crippen molar-refractivity contribution in [1.29, 1.82) is 0 Å². The Bertz CT molecular complexity index is 507. The molecule has 6 heteroatoms. The van der Waals surface area contributed by atoms with Gasteiger partial charge in [-0.05, 0) is 24.8 Å². The summed E-state index contributed by atoms with van der Waals surface area (Å²) < 4.78 is 35.6. The Labute approximate surface area is 113 Å². The molecule has 1 atom stereocenters. The van der Waals surface area contributed by atoms with E-state index in [-0.39, 0.29) is 13.0 Å². The third-order valence-electron chi connectivity index (χ3n) is 3.38. The second-order valence-electron chi connectivity index (χ2n) is 5.02. The summed E-state index contributed by atoms with van der Waals surface area (Å²) in [6.07, 6.45) is -0.0443. The zero-order chi connectivity index (χ0) is 13.9. The van der Waals surface area contributed by atoms with E-state index in [2.05, 4.69) is 0 Å². The van der Waals surface area contributed by atoms with Gasteiger partial charge in [0.2, 0.25) is 0 Å². The van der Waals surface area contributed by atoms with E-state index in [1.807, 2.05) is 30.3 Å². The minimum atomic E-state index is -4.08. The second-order valence-corrected chi connectivity index (χ2v) is 6.83. The Morgan fingerprint density at radius 1 is 1.26 bits per heavy atom. The van der Waals surface area contributed by atoms with E-state index >= 15 is 0 Å². The van der Waals surface area contributed by atoms with Gasteiger partial charge < -0.3 is 9.84 Å². The Balaban J connectivity index is 1.75. The summed E-state index contributed by atoms with van der Waals surface area (Å²) in [7, 11) is -4.08. The largest absolute Gasteiger partial charge is 0.391 e. The van der Waals surface area contributed by atoms with Crippen LogP contribution in [0.25, 0.3) is 0 Å². The van der Waals surface area contributed by atoms with E-state index in [9.17, 15) is 13.5 Å². The molecule has 2 N–H and O–H groups in total. The van der Waals surface area contributed by atoms with Gasteiger partial charge in [0.05, 0.1) is 19.3 Å².